The number of fused-ring (bicyclic) bond motifs is 3. The van der Waals surface area contributed by atoms with Crippen LogP contribution in [-0.2, 0) is 21.2 Å². The van der Waals surface area contributed by atoms with Crippen molar-refractivity contribution in [1.82, 2.24) is 4.31 Å². The Kier molecular flexibility index (Phi) is 3.90. The topological polar surface area (TPSA) is 46.6 Å². The lowest BCUT2D eigenvalue weighted by atomic mass is 10.1. The first-order valence-corrected chi connectivity index (χ1v) is 10.5. The summed E-state index contributed by atoms with van der Waals surface area (Å²) in [6, 6.07) is 25.9. The molecule has 0 spiro atoms. The molecule has 0 radical (unpaired) electrons. The molecule has 0 amide bonds. The van der Waals surface area contributed by atoms with E-state index in [2.05, 4.69) is 6.07 Å². The van der Waals surface area contributed by atoms with Crippen molar-refractivity contribution in [2.75, 3.05) is 0 Å². The van der Waals surface area contributed by atoms with E-state index in [4.69, 9.17) is 4.74 Å². The number of nitrogens with zero attached hydrogens (tertiary/aromatic N) is 1. The predicted octanol–water partition coefficient (Wildman–Crippen LogP) is 4.07. The number of ether oxygens (including phenoxy) is 1. The van der Waals surface area contributed by atoms with Crippen LogP contribution in [0.1, 0.15) is 29.0 Å². The lowest BCUT2D eigenvalue weighted by Gasteiger charge is -2.27. The van der Waals surface area contributed by atoms with E-state index in [0.717, 1.165) is 23.1 Å². The molecule has 27 heavy (non-hydrogen) atoms. The molecule has 1 fully saturated rings. The van der Waals surface area contributed by atoms with Crippen LogP contribution in [0.2, 0.25) is 0 Å². The Hall–Kier alpha value is -2.47. The van der Waals surface area contributed by atoms with E-state index < -0.39 is 16.3 Å². The van der Waals surface area contributed by atoms with Crippen LogP contribution < -0.4 is 0 Å². The zero-order valence-electron chi connectivity index (χ0n) is 14.6. The van der Waals surface area contributed by atoms with Crippen molar-refractivity contribution in [3.8, 4) is 0 Å². The van der Waals surface area contributed by atoms with E-state index in [9.17, 15) is 8.42 Å². The van der Waals surface area contributed by atoms with Crippen molar-refractivity contribution in [1.29, 1.82) is 0 Å². The average molecular weight is 377 g/mol. The summed E-state index contributed by atoms with van der Waals surface area (Å²) in [5.74, 6) is 0. The second-order valence-electron chi connectivity index (χ2n) is 6.93. The van der Waals surface area contributed by atoms with E-state index >= 15 is 0 Å². The second-order valence-corrected chi connectivity index (χ2v) is 8.78. The van der Waals surface area contributed by atoms with Gasteiger partial charge in [0, 0.05) is 6.42 Å². The summed E-state index contributed by atoms with van der Waals surface area (Å²) in [6.45, 7) is 0. The Morgan fingerprint density at radius 2 is 1.44 bits per heavy atom. The smallest absolute Gasteiger partial charge is 0.246 e. The Morgan fingerprint density at radius 3 is 2.19 bits per heavy atom. The third-order valence-corrected chi connectivity index (χ3v) is 7.20. The molecular formula is C22H19NO3S. The van der Waals surface area contributed by atoms with Crippen molar-refractivity contribution < 1.29 is 13.2 Å². The summed E-state index contributed by atoms with van der Waals surface area (Å²) < 4.78 is 35.1. The number of hydrogen-bond donors (Lipinski definition) is 0. The van der Waals surface area contributed by atoms with Crippen LogP contribution in [0, 0.1) is 0 Å². The Morgan fingerprint density at radius 1 is 0.815 bits per heavy atom. The van der Waals surface area contributed by atoms with Crippen LogP contribution in [0.4, 0.5) is 0 Å². The summed E-state index contributed by atoms with van der Waals surface area (Å²) in [6.07, 6.45) is -0.0730. The molecule has 3 aromatic rings. The zero-order chi connectivity index (χ0) is 18.4. The van der Waals surface area contributed by atoms with Crippen LogP contribution in [0.15, 0.2) is 89.8 Å². The van der Waals surface area contributed by atoms with Gasteiger partial charge in [-0.1, -0.05) is 72.8 Å². The van der Waals surface area contributed by atoms with Gasteiger partial charge in [0.05, 0.1) is 17.0 Å². The van der Waals surface area contributed by atoms with Crippen molar-refractivity contribution in [3.63, 3.8) is 0 Å². The van der Waals surface area contributed by atoms with Crippen molar-refractivity contribution in [2.24, 2.45) is 0 Å². The summed E-state index contributed by atoms with van der Waals surface area (Å²) in [5.41, 5.74) is 3.05. The molecule has 3 aromatic carbocycles. The van der Waals surface area contributed by atoms with Crippen LogP contribution >= 0.6 is 0 Å². The van der Waals surface area contributed by atoms with E-state index in [-0.39, 0.29) is 12.1 Å². The second kappa shape index (κ2) is 6.30. The lowest BCUT2D eigenvalue weighted by Crippen LogP contribution is -2.34. The van der Waals surface area contributed by atoms with Crippen molar-refractivity contribution in [2.45, 2.75) is 29.7 Å². The highest BCUT2D eigenvalue weighted by atomic mass is 32.2. The largest absolute Gasteiger partial charge is 0.352 e. The molecule has 0 aromatic heterocycles. The molecule has 1 saturated heterocycles. The fourth-order valence-electron chi connectivity index (χ4n) is 4.17. The molecule has 4 nitrogen and oxygen atoms in total. The van der Waals surface area contributed by atoms with E-state index in [1.807, 2.05) is 54.6 Å². The maximum atomic E-state index is 13.6. The van der Waals surface area contributed by atoms with E-state index in [1.54, 1.807) is 28.6 Å². The van der Waals surface area contributed by atoms with Crippen LogP contribution in [0.25, 0.3) is 0 Å². The van der Waals surface area contributed by atoms with Gasteiger partial charge in [-0.05, 0) is 28.8 Å². The molecule has 1 unspecified atom stereocenters. The summed E-state index contributed by atoms with van der Waals surface area (Å²) >= 11 is 0. The van der Waals surface area contributed by atoms with Crippen LogP contribution in [0.5, 0.6) is 0 Å². The molecule has 2 aliphatic rings. The fraction of sp³-hybridized carbons (Fsp3) is 0.182. The van der Waals surface area contributed by atoms with Crippen LogP contribution in [0.3, 0.4) is 0 Å². The third-order valence-electron chi connectivity index (χ3n) is 5.36. The van der Waals surface area contributed by atoms with Crippen molar-refractivity contribution >= 4 is 10.0 Å². The highest BCUT2D eigenvalue weighted by Crippen LogP contribution is 2.51. The number of benzene rings is 3. The highest BCUT2D eigenvalue weighted by Gasteiger charge is 2.53. The van der Waals surface area contributed by atoms with Gasteiger partial charge in [0.15, 0.2) is 6.23 Å². The minimum Gasteiger partial charge on any atom is -0.352 e. The Balaban J connectivity index is 1.67. The lowest BCUT2D eigenvalue weighted by molar-refractivity contribution is 0.0217. The predicted molar refractivity (Wildman–Crippen MR) is 102 cm³/mol. The SMILES string of the molecule is O=S(=O)(c1ccccc1)N1C(c2ccccc2)O[C@H]2Cc3ccccc3[C@H]21. The van der Waals surface area contributed by atoms with E-state index in [0.29, 0.717) is 4.90 Å². The number of sulfonamides is 1. The zero-order valence-corrected chi connectivity index (χ0v) is 15.4. The summed E-state index contributed by atoms with van der Waals surface area (Å²) in [7, 11) is -3.72. The molecule has 5 rings (SSSR count). The molecule has 0 bridgehead atoms. The van der Waals surface area contributed by atoms with Gasteiger partial charge in [0.2, 0.25) is 10.0 Å². The van der Waals surface area contributed by atoms with Gasteiger partial charge >= 0.3 is 0 Å². The molecule has 1 aliphatic heterocycles. The van der Waals surface area contributed by atoms with Gasteiger partial charge in [-0.25, -0.2) is 8.42 Å². The first-order valence-electron chi connectivity index (χ1n) is 9.03. The average Bonchev–Trinajstić information content (AvgIpc) is 3.25. The van der Waals surface area contributed by atoms with Gasteiger partial charge < -0.3 is 4.74 Å². The van der Waals surface area contributed by atoms with Gasteiger partial charge in [0.1, 0.15) is 0 Å². The summed E-state index contributed by atoms with van der Waals surface area (Å²) in [5, 5.41) is 0. The number of rotatable bonds is 3. The first kappa shape index (κ1) is 16.7. The minimum atomic E-state index is -3.72. The molecule has 1 heterocycles. The number of hydrogen-bond acceptors (Lipinski definition) is 3. The van der Waals surface area contributed by atoms with Gasteiger partial charge in [0.25, 0.3) is 0 Å². The standard InChI is InChI=1S/C22H19NO3S/c24-27(25,18-12-5-2-6-13-18)23-21-19-14-8-7-11-17(19)15-20(21)26-22(23)16-9-3-1-4-10-16/h1-14,20-22H,15H2/t20-,21+,22?/m0/s1. The van der Waals surface area contributed by atoms with Crippen molar-refractivity contribution in [3.05, 3.63) is 102 Å². The first-order chi connectivity index (χ1) is 13.2. The molecular weight excluding hydrogens is 358 g/mol. The molecule has 136 valence electrons. The summed E-state index contributed by atoms with van der Waals surface area (Å²) in [4.78, 5) is 0.291. The molecule has 1 aliphatic carbocycles. The quantitative estimate of drug-likeness (QED) is 0.691. The normalized spacial score (nSPS) is 24.5. The van der Waals surface area contributed by atoms with Gasteiger partial charge in [-0.15, -0.1) is 0 Å². The fourth-order valence-corrected chi connectivity index (χ4v) is 5.88. The maximum Gasteiger partial charge on any atom is 0.246 e. The Bertz CT molecular complexity index is 1070. The third kappa shape index (κ3) is 2.62. The highest BCUT2D eigenvalue weighted by molar-refractivity contribution is 7.89. The minimum absolute atomic E-state index is 0.175. The van der Waals surface area contributed by atoms with E-state index in [1.165, 1.54) is 0 Å². The molecule has 0 saturated carbocycles. The molecule has 0 N–H and O–H groups in total. The van der Waals surface area contributed by atoms with Crippen LogP contribution in [-0.4, -0.2) is 18.8 Å². The van der Waals surface area contributed by atoms with Gasteiger partial charge in [-0.3, -0.25) is 0 Å². The maximum absolute atomic E-state index is 13.6. The molecule has 3 atom stereocenters. The monoisotopic (exact) mass is 377 g/mol. The Labute approximate surface area is 159 Å². The molecule has 5 heteroatoms. The van der Waals surface area contributed by atoms with Gasteiger partial charge in [-0.2, -0.15) is 4.31 Å².